The van der Waals surface area contributed by atoms with Crippen LogP contribution in [0.1, 0.15) is 50.7 Å². The minimum Gasteiger partial charge on any atom is -0.444 e. The van der Waals surface area contributed by atoms with Gasteiger partial charge in [-0.25, -0.2) is 13.2 Å². The highest BCUT2D eigenvalue weighted by molar-refractivity contribution is 7.91. The van der Waals surface area contributed by atoms with Crippen LogP contribution in [-0.4, -0.2) is 31.6 Å². The molecular weight excluding hydrogens is 420 g/mol. The fourth-order valence-electron chi connectivity index (χ4n) is 3.80. The van der Waals surface area contributed by atoms with Crippen LogP contribution in [-0.2, 0) is 21.0 Å². The Hall–Kier alpha value is -2.94. The van der Waals surface area contributed by atoms with E-state index in [9.17, 15) is 23.3 Å². The Balaban J connectivity index is 1.96. The van der Waals surface area contributed by atoms with E-state index in [4.69, 9.17) is 4.74 Å². The van der Waals surface area contributed by atoms with Crippen molar-refractivity contribution in [3.63, 3.8) is 0 Å². The highest BCUT2D eigenvalue weighted by Crippen LogP contribution is 2.40. The van der Waals surface area contributed by atoms with Gasteiger partial charge in [-0.15, -0.1) is 0 Å². The zero-order chi connectivity index (χ0) is 22.8. The van der Waals surface area contributed by atoms with Crippen molar-refractivity contribution < 1.29 is 22.9 Å². The van der Waals surface area contributed by atoms with Crippen molar-refractivity contribution >= 4 is 21.6 Å². The smallest absolute Gasteiger partial charge is 0.407 e. The highest BCUT2D eigenvalue weighted by Gasteiger charge is 2.32. The highest BCUT2D eigenvalue weighted by atomic mass is 32.2. The zero-order valence-electron chi connectivity index (χ0n) is 17.8. The third-order valence-electron chi connectivity index (χ3n) is 5.08. The van der Waals surface area contributed by atoms with Gasteiger partial charge in [0.1, 0.15) is 5.60 Å². The molecule has 8 nitrogen and oxygen atoms in total. The van der Waals surface area contributed by atoms with E-state index in [0.717, 1.165) is 12.5 Å². The van der Waals surface area contributed by atoms with Crippen LogP contribution in [0.25, 0.3) is 0 Å². The van der Waals surface area contributed by atoms with Gasteiger partial charge in [-0.2, -0.15) is 0 Å². The van der Waals surface area contributed by atoms with Gasteiger partial charge in [-0.1, -0.05) is 18.2 Å². The molecular formula is C22H26N2O6S. The lowest BCUT2D eigenvalue weighted by molar-refractivity contribution is -0.386. The molecule has 1 atom stereocenters. The molecule has 9 heteroatoms. The Morgan fingerprint density at radius 1 is 1.19 bits per heavy atom. The number of amides is 1. The predicted molar refractivity (Wildman–Crippen MR) is 115 cm³/mol. The predicted octanol–water partition coefficient (Wildman–Crippen LogP) is 4.37. The van der Waals surface area contributed by atoms with Gasteiger partial charge in [-0.3, -0.25) is 10.1 Å². The van der Waals surface area contributed by atoms with E-state index in [0.29, 0.717) is 24.0 Å². The first-order valence-corrected chi connectivity index (χ1v) is 11.6. The van der Waals surface area contributed by atoms with E-state index < -0.39 is 26.5 Å². The van der Waals surface area contributed by atoms with Crippen molar-refractivity contribution in [1.29, 1.82) is 0 Å². The summed E-state index contributed by atoms with van der Waals surface area (Å²) in [6.45, 7) is 5.43. The molecule has 166 valence electrons. The lowest BCUT2D eigenvalue weighted by atomic mass is 9.81. The standard InChI is InChI=1S/C22H26N2O6S/c1-22(2,3)30-21(25)23-14-16-9-7-8-15-12-18(13-19(20(15)16)24(26)27)31(28,29)17-10-5-4-6-11-17/h4-6,10-13,16H,7-9,14H2,1-3H3,(H,23,25). The molecule has 0 aliphatic heterocycles. The molecule has 1 amide bonds. The number of ether oxygens (including phenoxy) is 1. The van der Waals surface area contributed by atoms with Gasteiger partial charge in [0.15, 0.2) is 0 Å². The van der Waals surface area contributed by atoms with Gasteiger partial charge < -0.3 is 10.1 Å². The van der Waals surface area contributed by atoms with Crippen molar-refractivity contribution in [2.24, 2.45) is 0 Å². The molecule has 1 aliphatic carbocycles. The van der Waals surface area contributed by atoms with Gasteiger partial charge in [0.2, 0.25) is 9.84 Å². The molecule has 0 fully saturated rings. The third-order valence-corrected chi connectivity index (χ3v) is 6.83. The number of alkyl carbamates (subject to hydrolysis) is 1. The summed E-state index contributed by atoms with van der Waals surface area (Å²) < 4.78 is 31.3. The minimum atomic E-state index is -3.89. The summed E-state index contributed by atoms with van der Waals surface area (Å²) in [4.78, 5) is 23.3. The zero-order valence-corrected chi connectivity index (χ0v) is 18.6. The first kappa shape index (κ1) is 22.7. The van der Waals surface area contributed by atoms with Crippen molar-refractivity contribution in [1.82, 2.24) is 5.32 Å². The van der Waals surface area contributed by atoms with E-state index in [-0.39, 0.29) is 27.9 Å². The molecule has 31 heavy (non-hydrogen) atoms. The molecule has 2 aromatic carbocycles. The van der Waals surface area contributed by atoms with Gasteiger partial charge in [0.25, 0.3) is 5.69 Å². The molecule has 2 aromatic rings. The maximum atomic E-state index is 13.0. The Morgan fingerprint density at radius 2 is 1.87 bits per heavy atom. The fraction of sp³-hybridized carbons (Fsp3) is 0.409. The van der Waals surface area contributed by atoms with Gasteiger partial charge in [0, 0.05) is 24.1 Å². The largest absolute Gasteiger partial charge is 0.444 e. The van der Waals surface area contributed by atoms with Crippen LogP contribution < -0.4 is 5.32 Å². The van der Waals surface area contributed by atoms with E-state index in [2.05, 4.69) is 5.32 Å². The SMILES string of the molecule is CC(C)(C)OC(=O)NCC1CCCc2cc(S(=O)(=O)c3ccccc3)cc([N+](=O)[O-])c21. The average molecular weight is 447 g/mol. The number of nitro benzene ring substituents is 1. The maximum absolute atomic E-state index is 13.0. The molecule has 0 bridgehead atoms. The number of nitrogens with one attached hydrogen (secondary N) is 1. The number of nitro groups is 1. The topological polar surface area (TPSA) is 116 Å². The van der Waals surface area contributed by atoms with Crippen LogP contribution in [0.4, 0.5) is 10.5 Å². The van der Waals surface area contributed by atoms with Crippen LogP contribution in [0.15, 0.2) is 52.3 Å². The van der Waals surface area contributed by atoms with Crippen LogP contribution in [0.3, 0.4) is 0 Å². The average Bonchev–Trinajstić information content (AvgIpc) is 2.70. The second-order valence-electron chi connectivity index (χ2n) is 8.56. The van der Waals surface area contributed by atoms with Crippen molar-refractivity contribution in [3.05, 3.63) is 63.7 Å². The second kappa shape index (κ2) is 8.66. The van der Waals surface area contributed by atoms with Crippen molar-refractivity contribution in [2.75, 3.05) is 6.54 Å². The number of sulfone groups is 1. The second-order valence-corrected chi connectivity index (χ2v) is 10.5. The Bertz CT molecular complexity index is 1090. The van der Waals surface area contributed by atoms with Gasteiger partial charge in [-0.05, 0) is 63.8 Å². The van der Waals surface area contributed by atoms with Crippen LogP contribution in [0.5, 0.6) is 0 Å². The van der Waals surface area contributed by atoms with E-state index in [1.807, 2.05) is 0 Å². The van der Waals surface area contributed by atoms with Crippen LogP contribution in [0, 0.1) is 10.1 Å². The summed E-state index contributed by atoms with van der Waals surface area (Å²) in [5, 5.41) is 14.5. The minimum absolute atomic E-state index is 0.0863. The monoisotopic (exact) mass is 446 g/mol. The number of carbonyl (C=O) groups is 1. The quantitative estimate of drug-likeness (QED) is 0.538. The molecule has 3 rings (SSSR count). The molecule has 1 unspecified atom stereocenters. The van der Waals surface area contributed by atoms with E-state index in [1.165, 1.54) is 18.2 Å². The summed E-state index contributed by atoms with van der Waals surface area (Å²) in [6.07, 6.45) is 1.33. The van der Waals surface area contributed by atoms with E-state index in [1.54, 1.807) is 39.0 Å². The number of rotatable bonds is 5. The van der Waals surface area contributed by atoms with E-state index >= 15 is 0 Å². The number of fused-ring (bicyclic) bond motifs is 1. The lowest BCUT2D eigenvalue weighted by Crippen LogP contribution is -2.35. The third kappa shape index (κ3) is 5.22. The van der Waals surface area contributed by atoms with Gasteiger partial charge in [0.05, 0.1) is 14.7 Å². The molecule has 0 spiro atoms. The normalized spacial score (nSPS) is 16.3. The Labute approximate surface area is 181 Å². The number of aryl methyl sites for hydroxylation is 1. The molecule has 0 saturated carbocycles. The van der Waals surface area contributed by atoms with Crippen LogP contribution in [0.2, 0.25) is 0 Å². The summed E-state index contributed by atoms with van der Waals surface area (Å²) in [5.41, 5.74) is 0.231. The summed E-state index contributed by atoms with van der Waals surface area (Å²) in [5.74, 6) is -0.301. The Kier molecular flexibility index (Phi) is 6.35. The van der Waals surface area contributed by atoms with Gasteiger partial charge >= 0.3 is 6.09 Å². The number of hydrogen-bond acceptors (Lipinski definition) is 6. The molecule has 0 aromatic heterocycles. The first-order valence-electron chi connectivity index (χ1n) is 10.1. The summed E-state index contributed by atoms with van der Waals surface area (Å²) in [7, 11) is -3.89. The molecule has 0 radical (unpaired) electrons. The molecule has 0 heterocycles. The number of nitrogens with zero attached hydrogens (tertiary/aromatic N) is 1. The lowest BCUT2D eigenvalue weighted by Gasteiger charge is -2.27. The molecule has 0 saturated heterocycles. The number of carbonyl (C=O) groups excluding carboxylic acids is 1. The summed E-state index contributed by atoms with van der Waals surface area (Å²) >= 11 is 0. The fourth-order valence-corrected chi connectivity index (χ4v) is 5.15. The van der Waals surface area contributed by atoms with Crippen molar-refractivity contribution in [2.45, 2.75) is 61.3 Å². The summed E-state index contributed by atoms with van der Waals surface area (Å²) in [6, 6.07) is 10.5. The Morgan fingerprint density at radius 3 is 2.48 bits per heavy atom. The van der Waals surface area contributed by atoms with Crippen LogP contribution >= 0.6 is 0 Å². The molecule has 1 aliphatic rings. The number of benzene rings is 2. The number of hydrogen-bond donors (Lipinski definition) is 1. The first-order chi connectivity index (χ1) is 14.5. The van der Waals surface area contributed by atoms with Crippen molar-refractivity contribution in [3.8, 4) is 0 Å². The maximum Gasteiger partial charge on any atom is 0.407 e. The molecule has 1 N–H and O–H groups in total.